The summed E-state index contributed by atoms with van der Waals surface area (Å²) in [6.45, 7) is 1.71. The largest absolute Gasteiger partial charge is 0.385 e. The molecule has 2 aromatic carbocycles. The van der Waals surface area contributed by atoms with Crippen LogP contribution in [0.4, 0.5) is 10.1 Å². The third-order valence-electron chi connectivity index (χ3n) is 5.02. The van der Waals surface area contributed by atoms with Gasteiger partial charge in [0.1, 0.15) is 5.82 Å². The summed E-state index contributed by atoms with van der Waals surface area (Å²) in [5, 5.41) is 4.75. The van der Waals surface area contributed by atoms with E-state index >= 15 is 0 Å². The molecule has 142 valence electrons. The number of nitrogens with zero attached hydrogens (tertiary/aromatic N) is 2. The summed E-state index contributed by atoms with van der Waals surface area (Å²) in [6.07, 6.45) is 9.15. The number of hydrogen-bond acceptors (Lipinski definition) is 2. The summed E-state index contributed by atoms with van der Waals surface area (Å²) in [7, 11) is 0. The molecule has 0 aliphatic rings. The van der Waals surface area contributed by atoms with E-state index in [0.29, 0.717) is 0 Å². The van der Waals surface area contributed by atoms with Crippen LogP contribution in [0.2, 0.25) is 0 Å². The molecule has 0 amide bonds. The van der Waals surface area contributed by atoms with Gasteiger partial charge in [-0.15, -0.1) is 0 Å². The zero-order chi connectivity index (χ0) is 19.2. The van der Waals surface area contributed by atoms with Crippen molar-refractivity contribution >= 4 is 16.6 Å². The maximum atomic E-state index is 13.2. The maximum Gasteiger partial charge on any atom is 0.123 e. The van der Waals surface area contributed by atoms with E-state index in [2.05, 4.69) is 45.3 Å². The molecule has 0 radical (unpaired) electrons. The Morgan fingerprint density at radius 2 is 1.68 bits per heavy atom. The van der Waals surface area contributed by atoms with E-state index in [-0.39, 0.29) is 5.82 Å². The lowest BCUT2D eigenvalue weighted by Gasteiger charge is -2.05. The average Bonchev–Trinajstić information content (AvgIpc) is 3.08. The van der Waals surface area contributed by atoms with Gasteiger partial charge in [-0.3, -0.25) is 4.98 Å². The van der Waals surface area contributed by atoms with E-state index in [1.807, 2.05) is 24.3 Å². The normalized spacial score (nSPS) is 11.0. The minimum atomic E-state index is -0.192. The van der Waals surface area contributed by atoms with Gasteiger partial charge in [-0.1, -0.05) is 30.3 Å². The quantitative estimate of drug-likeness (QED) is 0.404. The van der Waals surface area contributed by atoms with Gasteiger partial charge >= 0.3 is 0 Å². The Morgan fingerprint density at radius 3 is 2.50 bits per heavy atom. The number of fused-ring (bicyclic) bond motifs is 1. The fourth-order valence-electron chi connectivity index (χ4n) is 3.58. The highest BCUT2D eigenvalue weighted by molar-refractivity contribution is 5.84. The van der Waals surface area contributed by atoms with E-state index in [0.717, 1.165) is 43.6 Å². The van der Waals surface area contributed by atoms with Crippen LogP contribution in [0.1, 0.15) is 24.0 Å². The number of rotatable bonds is 8. The predicted molar refractivity (Wildman–Crippen MR) is 113 cm³/mol. The third-order valence-corrected chi connectivity index (χ3v) is 5.02. The first-order chi connectivity index (χ1) is 13.8. The SMILES string of the molecule is Fc1ccc(Cn2cc(CCCCNc3ccncc3)c3ccccc32)cc1. The van der Waals surface area contributed by atoms with Gasteiger partial charge in [-0.2, -0.15) is 0 Å². The van der Waals surface area contributed by atoms with Crippen molar-refractivity contribution in [3.63, 3.8) is 0 Å². The molecule has 4 aromatic rings. The Labute approximate surface area is 164 Å². The van der Waals surface area contributed by atoms with Gasteiger partial charge in [0.25, 0.3) is 0 Å². The molecule has 2 aromatic heterocycles. The molecule has 0 spiro atoms. The van der Waals surface area contributed by atoms with E-state index < -0.39 is 0 Å². The molecule has 0 saturated heterocycles. The monoisotopic (exact) mass is 373 g/mol. The number of unbranched alkanes of at least 4 members (excludes halogenated alkanes) is 1. The van der Waals surface area contributed by atoms with Crippen molar-refractivity contribution in [3.8, 4) is 0 Å². The minimum Gasteiger partial charge on any atom is -0.385 e. The highest BCUT2D eigenvalue weighted by atomic mass is 19.1. The smallest absolute Gasteiger partial charge is 0.123 e. The van der Waals surface area contributed by atoms with Gasteiger partial charge in [0.05, 0.1) is 0 Å². The first-order valence-electron chi connectivity index (χ1n) is 9.75. The first kappa shape index (κ1) is 18.2. The highest BCUT2D eigenvalue weighted by Crippen LogP contribution is 2.24. The van der Waals surface area contributed by atoms with E-state index in [1.165, 1.54) is 28.6 Å². The van der Waals surface area contributed by atoms with Crippen LogP contribution in [-0.2, 0) is 13.0 Å². The molecule has 3 nitrogen and oxygen atoms in total. The van der Waals surface area contributed by atoms with Gasteiger partial charge in [0.2, 0.25) is 0 Å². The predicted octanol–water partition coefficient (Wildman–Crippen LogP) is 5.66. The highest BCUT2D eigenvalue weighted by Gasteiger charge is 2.08. The number of nitrogens with one attached hydrogen (secondary N) is 1. The third kappa shape index (κ3) is 4.39. The summed E-state index contributed by atoms with van der Waals surface area (Å²) in [5.74, 6) is -0.192. The lowest BCUT2D eigenvalue weighted by atomic mass is 10.1. The van der Waals surface area contributed by atoms with Gasteiger partial charge < -0.3 is 9.88 Å². The van der Waals surface area contributed by atoms with E-state index in [9.17, 15) is 4.39 Å². The molecular formula is C24H24FN3. The number of benzene rings is 2. The number of halogens is 1. The molecule has 0 bridgehead atoms. The fraction of sp³-hybridized carbons (Fsp3) is 0.208. The number of anilines is 1. The molecule has 0 aliphatic heterocycles. The van der Waals surface area contributed by atoms with Crippen LogP contribution in [0, 0.1) is 5.82 Å². The number of hydrogen-bond donors (Lipinski definition) is 1. The van der Waals surface area contributed by atoms with Crippen molar-refractivity contribution < 1.29 is 4.39 Å². The summed E-state index contributed by atoms with van der Waals surface area (Å²) in [6, 6.07) is 19.3. The molecule has 0 unspecified atom stereocenters. The van der Waals surface area contributed by atoms with Crippen molar-refractivity contribution in [1.82, 2.24) is 9.55 Å². The van der Waals surface area contributed by atoms with Gasteiger partial charge in [0, 0.05) is 48.3 Å². The molecule has 28 heavy (non-hydrogen) atoms. The second-order valence-electron chi connectivity index (χ2n) is 7.05. The van der Waals surface area contributed by atoms with Gasteiger partial charge in [-0.05, 0) is 60.7 Å². The van der Waals surface area contributed by atoms with Crippen LogP contribution < -0.4 is 5.32 Å². The van der Waals surface area contributed by atoms with Crippen LogP contribution in [0.15, 0.2) is 79.3 Å². The molecule has 0 aliphatic carbocycles. The second-order valence-corrected chi connectivity index (χ2v) is 7.05. The Morgan fingerprint density at radius 1 is 0.893 bits per heavy atom. The summed E-state index contributed by atoms with van der Waals surface area (Å²) < 4.78 is 15.4. The Bertz CT molecular complexity index is 1020. The lowest BCUT2D eigenvalue weighted by Crippen LogP contribution is -2.02. The van der Waals surface area contributed by atoms with Crippen LogP contribution in [-0.4, -0.2) is 16.1 Å². The lowest BCUT2D eigenvalue weighted by molar-refractivity contribution is 0.626. The standard InChI is InChI=1S/C24H24FN3/c25-21-10-8-19(9-11-21)17-28-18-20(23-6-1-2-7-24(23)28)5-3-4-14-27-22-12-15-26-16-13-22/h1-2,6-13,15-16,18H,3-5,14,17H2,(H,26,27). The van der Waals surface area contributed by atoms with Gasteiger partial charge in [-0.25, -0.2) is 4.39 Å². The van der Waals surface area contributed by atoms with Crippen molar-refractivity contribution in [2.75, 3.05) is 11.9 Å². The number of aromatic nitrogens is 2. The van der Waals surface area contributed by atoms with Crippen molar-refractivity contribution in [2.45, 2.75) is 25.8 Å². The Kier molecular flexibility index (Phi) is 5.66. The van der Waals surface area contributed by atoms with Crippen LogP contribution >= 0.6 is 0 Å². The topological polar surface area (TPSA) is 29.9 Å². The average molecular weight is 373 g/mol. The second kappa shape index (κ2) is 8.70. The summed E-state index contributed by atoms with van der Waals surface area (Å²) in [4.78, 5) is 4.03. The first-order valence-corrected chi connectivity index (χ1v) is 9.75. The summed E-state index contributed by atoms with van der Waals surface area (Å²) >= 11 is 0. The molecule has 1 N–H and O–H groups in total. The molecule has 4 heteroatoms. The number of para-hydroxylation sites is 1. The minimum absolute atomic E-state index is 0.192. The number of pyridine rings is 1. The number of aryl methyl sites for hydroxylation is 1. The molecule has 0 saturated carbocycles. The van der Waals surface area contributed by atoms with E-state index in [1.54, 1.807) is 12.4 Å². The van der Waals surface area contributed by atoms with E-state index in [4.69, 9.17) is 0 Å². The molecule has 2 heterocycles. The van der Waals surface area contributed by atoms with Crippen molar-refractivity contribution in [1.29, 1.82) is 0 Å². The Hall–Kier alpha value is -3.14. The molecule has 0 fully saturated rings. The van der Waals surface area contributed by atoms with Crippen LogP contribution in [0.3, 0.4) is 0 Å². The molecular weight excluding hydrogens is 349 g/mol. The van der Waals surface area contributed by atoms with Gasteiger partial charge in [0.15, 0.2) is 0 Å². The Balaban J connectivity index is 1.40. The maximum absolute atomic E-state index is 13.2. The zero-order valence-electron chi connectivity index (χ0n) is 15.8. The van der Waals surface area contributed by atoms with Crippen LogP contribution in [0.25, 0.3) is 10.9 Å². The zero-order valence-corrected chi connectivity index (χ0v) is 15.8. The van der Waals surface area contributed by atoms with Crippen molar-refractivity contribution in [2.24, 2.45) is 0 Å². The molecule has 0 atom stereocenters. The fourth-order valence-corrected chi connectivity index (χ4v) is 3.58. The summed E-state index contributed by atoms with van der Waals surface area (Å²) in [5.41, 5.74) is 4.83. The van der Waals surface area contributed by atoms with Crippen LogP contribution in [0.5, 0.6) is 0 Å². The molecule has 4 rings (SSSR count). The van der Waals surface area contributed by atoms with Crippen molar-refractivity contribution in [3.05, 3.63) is 96.2 Å².